The molecule has 0 saturated carbocycles. The van der Waals surface area contributed by atoms with Crippen LogP contribution in [0.15, 0.2) is 45.0 Å². The maximum Gasteiger partial charge on any atom is 0.268 e. The predicted molar refractivity (Wildman–Crippen MR) is 65.6 cm³/mol. The largest absolute Gasteiger partial charge is 0.352 e. The van der Waals surface area contributed by atoms with Crippen LogP contribution in [0.25, 0.3) is 0 Å². The van der Waals surface area contributed by atoms with E-state index in [4.69, 9.17) is 5.26 Å². The van der Waals surface area contributed by atoms with Crippen molar-refractivity contribution in [3.05, 3.63) is 46.4 Å². The third-order valence-corrected chi connectivity index (χ3v) is 3.65. The van der Waals surface area contributed by atoms with Crippen LogP contribution in [0, 0.1) is 11.3 Å². The molecular formula is C12H7N3OS. The molecule has 2 aromatic rings. The Labute approximate surface area is 101 Å². The first kappa shape index (κ1) is 10.00. The van der Waals surface area contributed by atoms with E-state index in [9.17, 15) is 4.79 Å². The summed E-state index contributed by atoms with van der Waals surface area (Å²) in [7, 11) is 0. The number of nitriles is 1. The summed E-state index contributed by atoms with van der Waals surface area (Å²) in [6.07, 6.45) is 1.63. The van der Waals surface area contributed by atoms with E-state index < -0.39 is 0 Å². The number of H-pyrrole nitrogens is 1. The van der Waals surface area contributed by atoms with Crippen molar-refractivity contribution in [3.8, 4) is 6.07 Å². The Kier molecular flexibility index (Phi) is 2.16. The van der Waals surface area contributed by atoms with E-state index in [1.807, 2.05) is 30.3 Å². The number of hydrogen-bond acceptors (Lipinski definition) is 4. The number of anilines is 2. The van der Waals surface area contributed by atoms with Gasteiger partial charge in [0.25, 0.3) is 5.56 Å². The molecule has 82 valence electrons. The van der Waals surface area contributed by atoms with Gasteiger partial charge in [-0.1, -0.05) is 23.9 Å². The first-order chi connectivity index (χ1) is 8.29. The van der Waals surface area contributed by atoms with Crippen LogP contribution >= 0.6 is 11.8 Å². The van der Waals surface area contributed by atoms with Crippen LogP contribution in [-0.2, 0) is 0 Å². The van der Waals surface area contributed by atoms with Gasteiger partial charge < -0.3 is 10.3 Å². The molecule has 0 spiro atoms. The van der Waals surface area contributed by atoms with E-state index in [-0.39, 0.29) is 11.1 Å². The Hall–Kier alpha value is -2.19. The molecule has 0 radical (unpaired) electrons. The smallest absolute Gasteiger partial charge is 0.268 e. The molecule has 4 nitrogen and oxygen atoms in total. The van der Waals surface area contributed by atoms with Gasteiger partial charge >= 0.3 is 0 Å². The van der Waals surface area contributed by atoms with Gasteiger partial charge in [0.05, 0.1) is 16.3 Å². The molecule has 0 aliphatic carbocycles. The number of benzene rings is 1. The summed E-state index contributed by atoms with van der Waals surface area (Å²) in [5.74, 6) is 0. The van der Waals surface area contributed by atoms with Crippen molar-refractivity contribution in [2.24, 2.45) is 0 Å². The summed E-state index contributed by atoms with van der Waals surface area (Å²) < 4.78 is 0. The molecule has 1 aliphatic heterocycles. The number of nitrogens with one attached hydrogen (secondary N) is 2. The fraction of sp³-hybridized carbons (Fsp3) is 0. The maximum absolute atomic E-state index is 11.5. The monoisotopic (exact) mass is 241 g/mol. The second-order valence-corrected chi connectivity index (χ2v) is 4.65. The molecule has 0 atom stereocenters. The lowest BCUT2D eigenvalue weighted by atomic mass is 10.2. The van der Waals surface area contributed by atoms with Crippen LogP contribution in [0.4, 0.5) is 11.4 Å². The topological polar surface area (TPSA) is 68.7 Å². The van der Waals surface area contributed by atoms with E-state index in [1.54, 1.807) is 6.20 Å². The van der Waals surface area contributed by atoms with E-state index in [2.05, 4.69) is 10.3 Å². The Morgan fingerprint density at radius 1 is 1.24 bits per heavy atom. The van der Waals surface area contributed by atoms with Crippen molar-refractivity contribution in [3.63, 3.8) is 0 Å². The summed E-state index contributed by atoms with van der Waals surface area (Å²) >= 11 is 1.54. The number of hydrogen-bond donors (Lipinski definition) is 2. The van der Waals surface area contributed by atoms with Gasteiger partial charge in [-0.3, -0.25) is 4.79 Å². The van der Waals surface area contributed by atoms with Gasteiger partial charge in [-0.05, 0) is 12.1 Å². The zero-order chi connectivity index (χ0) is 11.8. The molecule has 0 bridgehead atoms. The van der Waals surface area contributed by atoms with E-state index in [0.29, 0.717) is 5.69 Å². The van der Waals surface area contributed by atoms with Crippen LogP contribution < -0.4 is 10.9 Å². The lowest BCUT2D eigenvalue weighted by molar-refractivity contribution is 1.14. The summed E-state index contributed by atoms with van der Waals surface area (Å²) in [5, 5.41) is 12.1. The molecule has 0 amide bonds. The number of nitrogens with zero attached hydrogens (tertiary/aromatic N) is 1. The normalized spacial score (nSPS) is 11.9. The third-order valence-electron chi connectivity index (χ3n) is 2.54. The Morgan fingerprint density at radius 3 is 2.88 bits per heavy atom. The predicted octanol–water partition coefficient (Wildman–Crippen LogP) is 2.45. The zero-order valence-corrected chi connectivity index (χ0v) is 9.47. The molecule has 1 aromatic carbocycles. The number of aromatic amines is 1. The minimum Gasteiger partial charge on any atom is -0.352 e. The lowest BCUT2D eigenvalue weighted by Crippen LogP contribution is -2.14. The maximum atomic E-state index is 11.5. The Balaban J connectivity index is 2.22. The van der Waals surface area contributed by atoms with E-state index >= 15 is 0 Å². The van der Waals surface area contributed by atoms with Gasteiger partial charge in [-0.2, -0.15) is 5.26 Å². The fourth-order valence-electron chi connectivity index (χ4n) is 1.74. The highest BCUT2D eigenvalue weighted by Crippen LogP contribution is 2.43. The number of para-hydroxylation sites is 1. The van der Waals surface area contributed by atoms with Crippen LogP contribution in [0.2, 0.25) is 0 Å². The minimum absolute atomic E-state index is 0.129. The molecule has 3 rings (SSSR count). The molecule has 0 unspecified atom stereocenters. The molecule has 1 aliphatic rings. The zero-order valence-electron chi connectivity index (χ0n) is 8.65. The van der Waals surface area contributed by atoms with Gasteiger partial charge in [-0.15, -0.1) is 0 Å². The van der Waals surface area contributed by atoms with Crippen molar-refractivity contribution in [2.45, 2.75) is 9.79 Å². The first-order valence-electron chi connectivity index (χ1n) is 4.99. The van der Waals surface area contributed by atoms with Crippen LogP contribution in [0.5, 0.6) is 0 Å². The van der Waals surface area contributed by atoms with Gasteiger partial charge in [0, 0.05) is 11.1 Å². The van der Waals surface area contributed by atoms with Crippen molar-refractivity contribution in [1.82, 2.24) is 4.98 Å². The average molecular weight is 241 g/mol. The summed E-state index contributed by atoms with van der Waals surface area (Å²) in [5.41, 5.74) is 1.29. The number of pyridine rings is 1. The van der Waals surface area contributed by atoms with Crippen LogP contribution in [0.3, 0.4) is 0 Å². The minimum atomic E-state index is -0.362. The van der Waals surface area contributed by atoms with Gasteiger partial charge in [0.1, 0.15) is 11.6 Å². The highest BCUT2D eigenvalue weighted by atomic mass is 32.2. The second kappa shape index (κ2) is 3.68. The summed E-state index contributed by atoms with van der Waals surface area (Å²) in [6.45, 7) is 0. The van der Waals surface area contributed by atoms with E-state index in [0.717, 1.165) is 15.5 Å². The van der Waals surface area contributed by atoms with Crippen molar-refractivity contribution >= 4 is 23.1 Å². The molecule has 0 fully saturated rings. The lowest BCUT2D eigenvalue weighted by Gasteiger charge is -2.20. The van der Waals surface area contributed by atoms with Crippen molar-refractivity contribution in [1.29, 1.82) is 5.26 Å². The van der Waals surface area contributed by atoms with Crippen LogP contribution in [0.1, 0.15) is 5.56 Å². The number of aromatic nitrogens is 1. The summed E-state index contributed by atoms with van der Waals surface area (Å²) in [4.78, 5) is 16.0. The molecule has 2 N–H and O–H groups in total. The highest BCUT2D eigenvalue weighted by molar-refractivity contribution is 7.99. The van der Waals surface area contributed by atoms with Crippen LogP contribution in [-0.4, -0.2) is 4.98 Å². The van der Waals surface area contributed by atoms with Gasteiger partial charge in [0.15, 0.2) is 0 Å². The van der Waals surface area contributed by atoms with Crippen molar-refractivity contribution in [2.75, 3.05) is 5.32 Å². The Morgan fingerprint density at radius 2 is 2.06 bits per heavy atom. The second-order valence-electron chi connectivity index (χ2n) is 3.57. The highest BCUT2D eigenvalue weighted by Gasteiger charge is 2.19. The third kappa shape index (κ3) is 1.50. The molecule has 5 heteroatoms. The molecule has 2 heterocycles. The molecule has 17 heavy (non-hydrogen) atoms. The molecular weight excluding hydrogens is 234 g/mol. The quantitative estimate of drug-likeness (QED) is 0.634. The standard InChI is InChI=1S/C12H7N3OS/c13-5-7-11-10(6-14-12(7)16)17-9-4-2-1-3-8(9)15-11/h1-4,6,15H,(H,14,16). The van der Waals surface area contributed by atoms with E-state index in [1.165, 1.54) is 11.8 Å². The fourth-order valence-corrected chi connectivity index (χ4v) is 2.72. The summed E-state index contributed by atoms with van der Waals surface area (Å²) in [6, 6.07) is 9.72. The first-order valence-corrected chi connectivity index (χ1v) is 5.81. The molecule has 1 aromatic heterocycles. The number of rotatable bonds is 0. The van der Waals surface area contributed by atoms with Gasteiger partial charge in [0.2, 0.25) is 0 Å². The number of fused-ring (bicyclic) bond motifs is 2. The molecule has 0 saturated heterocycles. The SMILES string of the molecule is N#Cc1c2c(c[nH]c1=O)Sc1ccccc1N2. The average Bonchev–Trinajstić information content (AvgIpc) is 2.36. The van der Waals surface area contributed by atoms with Crippen molar-refractivity contribution < 1.29 is 0 Å². The Bertz CT molecular complexity index is 700. The van der Waals surface area contributed by atoms with Gasteiger partial charge in [-0.25, -0.2) is 0 Å².